The number of aromatic nitrogens is 1. The Morgan fingerprint density at radius 1 is 1.15 bits per heavy atom. The first-order chi connectivity index (χ1) is 12.5. The van der Waals surface area contributed by atoms with E-state index in [1.54, 1.807) is 6.92 Å². The second kappa shape index (κ2) is 7.74. The second-order valence-corrected chi connectivity index (χ2v) is 6.89. The zero-order chi connectivity index (χ0) is 18.7. The van der Waals surface area contributed by atoms with Crippen molar-refractivity contribution in [3.8, 4) is 11.3 Å². The van der Waals surface area contributed by atoms with Gasteiger partial charge in [0.25, 0.3) is 0 Å². The molecule has 1 aromatic heterocycles. The predicted molar refractivity (Wildman–Crippen MR) is 104 cm³/mol. The molecule has 0 saturated heterocycles. The summed E-state index contributed by atoms with van der Waals surface area (Å²) >= 11 is 3.47. The molecule has 0 bridgehead atoms. The van der Waals surface area contributed by atoms with Gasteiger partial charge in [-0.05, 0) is 26.8 Å². The molecule has 3 aromatic rings. The maximum atomic E-state index is 12.4. The number of hydrogen-bond acceptors (Lipinski definition) is 4. The Labute approximate surface area is 160 Å². The van der Waals surface area contributed by atoms with Crippen LogP contribution in [-0.4, -0.2) is 11.2 Å². The predicted octanol–water partition coefficient (Wildman–Crippen LogP) is 6.03. The van der Waals surface area contributed by atoms with Crippen molar-refractivity contribution in [2.24, 2.45) is 0 Å². The number of benzene rings is 2. The molecule has 134 valence electrons. The lowest BCUT2D eigenvalue weighted by atomic mass is 10.1. The van der Waals surface area contributed by atoms with Gasteiger partial charge in [0.1, 0.15) is 17.5 Å². The van der Waals surface area contributed by atoms with E-state index in [4.69, 9.17) is 9.26 Å². The van der Waals surface area contributed by atoms with Crippen molar-refractivity contribution in [2.45, 2.75) is 26.9 Å². The number of halogens is 1. The van der Waals surface area contributed by atoms with Crippen molar-refractivity contribution in [3.63, 3.8) is 0 Å². The fourth-order valence-electron chi connectivity index (χ4n) is 2.58. The fourth-order valence-corrected chi connectivity index (χ4v) is 3.19. The van der Waals surface area contributed by atoms with Crippen LogP contribution in [0.5, 0.6) is 0 Å². The molecule has 3 rings (SSSR count). The number of hydrogen-bond donors (Lipinski definition) is 1. The summed E-state index contributed by atoms with van der Waals surface area (Å²) < 4.78 is 11.8. The summed E-state index contributed by atoms with van der Waals surface area (Å²) in [5.74, 6) is 0.507. The highest BCUT2D eigenvalue weighted by molar-refractivity contribution is 9.10. The molecule has 0 aliphatic rings. The first kappa shape index (κ1) is 18.2. The summed E-state index contributed by atoms with van der Waals surface area (Å²) in [6.07, 6.45) is -0.971. The van der Waals surface area contributed by atoms with Gasteiger partial charge in [-0.3, -0.25) is 5.32 Å². The van der Waals surface area contributed by atoms with Crippen molar-refractivity contribution >= 4 is 27.7 Å². The first-order valence-electron chi connectivity index (χ1n) is 8.21. The number of aryl methyl sites for hydroxylation is 2. The standard InChI is InChI=1S/C20H19BrN2O3/c1-12-8-10-15(11-9-12)19-18(13(2)23-26-19)22-20(24)25-14(3)16-6-4-5-7-17(16)21/h4-11,14H,1-3H3,(H,22,24)/t14-/m1/s1. The molecule has 6 heteroatoms. The van der Waals surface area contributed by atoms with Crippen LogP contribution in [0.15, 0.2) is 57.5 Å². The van der Waals surface area contributed by atoms with Crippen LogP contribution in [0.25, 0.3) is 11.3 Å². The number of carbonyl (C=O) groups excluding carboxylic acids is 1. The van der Waals surface area contributed by atoms with E-state index in [9.17, 15) is 4.79 Å². The minimum atomic E-state index is -0.562. The number of ether oxygens (including phenoxy) is 1. The molecule has 1 N–H and O–H groups in total. The lowest BCUT2D eigenvalue weighted by Gasteiger charge is -2.15. The zero-order valence-electron chi connectivity index (χ0n) is 14.7. The Morgan fingerprint density at radius 2 is 1.85 bits per heavy atom. The molecule has 5 nitrogen and oxygen atoms in total. The summed E-state index contributed by atoms with van der Waals surface area (Å²) in [6.45, 7) is 5.60. The number of amides is 1. The average molecular weight is 415 g/mol. The molecular weight excluding hydrogens is 396 g/mol. The summed E-state index contributed by atoms with van der Waals surface area (Å²) in [5, 5.41) is 6.73. The SMILES string of the molecule is Cc1ccc(-c2onc(C)c2NC(=O)O[C@H](C)c2ccccc2Br)cc1. The third-order valence-electron chi connectivity index (χ3n) is 4.03. The van der Waals surface area contributed by atoms with E-state index in [0.717, 1.165) is 21.2 Å². The monoisotopic (exact) mass is 414 g/mol. The van der Waals surface area contributed by atoms with Gasteiger partial charge in [0.05, 0.1) is 0 Å². The van der Waals surface area contributed by atoms with Gasteiger partial charge in [0.15, 0.2) is 5.76 Å². The zero-order valence-corrected chi connectivity index (χ0v) is 16.3. The number of nitrogens with one attached hydrogen (secondary N) is 1. The largest absolute Gasteiger partial charge is 0.441 e. The van der Waals surface area contributed by atoms with E-state index in [2.05, 4.69) is 26.4 Å². The Bertz CT molecular complexity index is 919. The van der Waals surface area contributed by atoms with Crippen LogP contribution in [0.2, 0.25) is 0 Å². The normalized spacial score (nSPS) is 11.8. The van der Waals surface area contributed by atoms with Gasteiger partial charge in [-0.2, -0.15) is 0 Å². The first-order valence-corrected chi connectivity index (χ1v) is 9.00. The van der Waals surface area contributed by atoms with Gasteiger partial charge in [0.2, 0.25) is 0 Å². The van der Waals surface area contributed by atoms with E-state index in [1.807, 2.05) is 62.4 Å². The average Bonchev–Trinajstić information content (AvgIpc) is 2.96. The molecular formula is C20H19BrN2O3. The molecule has 0 saturated carbocycles. The molecule has 2 aromatic carbocycles. The summed E-state index contributed by atoms with van der Waals surface area (Å²) in [4.78, 5) is 12.4. The lowest BCUT2D eigenvalue weighted by Crippen LogP contribution is -2.17. The molecule has 0 aliphatic heterocycles. The van der Waals surface area contributed by atoms with Crippen LogP contribution in [0, 0.1) is 13.8 Å². The molecule has 0 fully saturated rings. The van der Waals surface area contributed by atoms with Crippen LogP contribution in [0.3, 0.4) is 0 Å². The van der Waals surface area contributed by atoms with Crippen molar-refractivity contribution in [3.05, 3.63) is 69.8 Å². The van der Waals surface area contributed by atoms with Crippen LogP contribution in [0.4, 0.5) is 10.5 Å². The van der Waals surface area contributed by atoms with E-state index < -0.39 is 12.2 Å². The quantitative estimate of drug-likeness (QED) is 0.565. The summed E-state index contributed by atoms with van der Waals surface area (Å²) in [6, 6.07) is 15.4. The minimum absolute atomic E-state index is 0.409. The fraction of sp³-hybridized carbons (Fsp3) is 0.200. The van der Waals surface area contributed by atoms with E-state index in [0.29, 0.717) is 17.1 Å². The van der Waals surface area contributed by atoms with Crippen molar-refractivity contribution in [1.29, 1.82) is 0 Å². The summed E-state index contributed by atoms with van der Waals surface area (Å²) in [5.41, 5.74) is 3.97. The van der Waals surface area contributed by atoms with E-state index >= 15 is 0 Å². The van der Waals surface area contributed by atoms with Crippen LogP contribution < -0.4 is 5.32 Å². The molecule has 1 atom stereocenters. The van der Waals surface area contributed by atoms with Gasteiger partial charge in [-0.25, -0.2) is 4.79 Å². The van der Waals surface area contributed by atoms with Gasteiger partial charge < -0.3 is 9.26 Å². The van der Waals surface area contributed by atoms with E-state index in [1.165, 1.54) is 0 Å². The van der Waals surface area contributed by atoms with Crippen LogP contribution in [0.1, 0.15) is 29.8 Å². The van der Waals surface area contributed by atoms with Crippen LogP contribution in [-0.2, 0) is 4.74 Å². The Morgan fingerprint density at radius 3 is 2.54 bits per heavy atom. The Hall–Kier alpha value is -2.60. The number of nitrogens with zero attached hydrogens (tertiary/aromatic N) is 1. The molecule has 0 aliphatic carbocycles. The minimum Gasteiger partial charge on any atom is -0.441 e. The van der Waals surface area contributed by atoms with Crippen LogP contribution >= 0.6 is 15.9 Å². The molecule has 26 heavy (non-hydrogen) atoms. The Kier molecular flexibility index (Phi) is 5.42. The molecule has 0 unspecified atom stereocenters. The molecule has 1 heterocycles. The van der Waals surface area contributed by atoms with Gasteiger partial charge in [-0.15, -0.1) is 0 Å². The number of carbonyl (C=O) groups is 1. The van der Waals surface area contributed by atoms with Gasteiger partial charge >= 0.3 is 6.09 Å². The smallest absolute Gasteiger partial charge is 0.412 e. The highest BCUT2D eigenvalue weighted by Crippen LogP contribution is 2.32. The van der Waals surface area contributed by atoms with Crippen molar-refractivity contribution in [2.75, 3.05) is 5.32 Å². The molecule has 0 spiro atoms. The van der Waals surface area contributed by atoms with E-state index in [-0.39, 0.29) is 0 Å². The lowest BCUT2D eigenvalue weighted by molar-refractivity contribution is 0.121. The number of anilines is 1. The third kappa shape index (κ3) is 3.96. The van der Waals surface area contributed by atoms with Gasteiger partial charge in [0, 0.05) is 15.6 Å². The number of rotatable bonds is 4. The van der Waals surface area contributed by atoms with Crippen molar-refractivity contribution < 1.29 is 14.1 Å². The highest BCUT2D eigenvalue weighted by atomic mass is 79.9. The second-order valence-electron chi connectivity index (χ2n) is 6.03. The third-order valence-corrected chi connectivity index (χ3v) is 4.75. The Balaban J connectivity index is 1.77. The maximum Gasteiger partial charge on any atom is 0.412 e. The van der Waals surface area contributed by atoms with Crippen molar-refractivity contribution in [1.82, 2.24) is 5.16 Å². The molecule has 1 amide bonds. The maximum absolute atomic E-state index is 12.4. The van der Waals surface area contributed by atoms with Gasteiger partial charge in [-0.1, -0.05) is 69.1 Å². The summed E-state index contributed by atoms with van der Waals surface area (Å²) in [7, 11) is 0. The highest BCUT2D eigenvalue weighted by Gasteiger charge is 2.20. The topological polar surface area (TPSA) is 64.4 Å². The molecule has 0 radical (unpaired) electrons.